The Hall–Kier alpha value is -1.99. The number of nitrogens with zero attached hydrogens (tertiary/aromatic N) is 4. The number of amides is 2. The average Bonchev–Trinajstić information content (AvgIpc) is 3.19. The largest absolute Gasteiger partial charge is 0.323 e. The van der Waals surface area contributed by atoms with Gasteiger partial charge in [-0.05, 0) is 31.0 Å². The van der Waals surface area contributed by atoms with E-state index >= 15 is 0 Å². The number of likely N-dealkylation sites (N-methyl/N-ethyl adjacent to an activating group) is 1. The first kappa shape index (κ1) is 14.9. The lowest BCUT2D eigenvalue weighted by molar-refractivity contribution is 0.206. The van der Waals surface area contributed by atoms with Gasteiger partial charge in [-0.15, -0.1) is 0 Å². The molecule has 2 amide bonds. The molecule has 0 radical (unpaired) electrons. The van der Waals surface area contributed by atoms with Crippen LogP contribution in [0.5, 0.6) is 0 Å². The molecule has 22 heavy (non-hydrogen) atoms. The summed E-state index contributed by atoms with van der Waals surface area (Å²) in [7, 11) is 2.06. The number of carbonyl (C=O) groups is 1. The molecular formula is C15H19N5OS. The maximum atomic E-state index is 12.2. The van der Waals surface area contributed by atoms with Crippen molar-refractivity contribution < 1.29 is 4.79 Å². The van der Waals surface area contributed by atoms with Gasteiger partial charge >= 0.3 is 6.03 Å². The quantitative estimate of drug-likeness (QED) is 0.940. The van der Waals surface area contributed by atoms with Crippen LogP contribution in [0.25, 0.3) is 0 Å². The molecule has 0 spiro atoms. The normalized spacial score (nSPS) is 17.9. The summed E-state index contributed by atoms with van der Waals surface area (Å²) in [6, 6.07) is 4.05. The molecule has 2 aromatic heterocycles. The van der Waals surface area contributed by atoms with Gasteiger partial charge in [0.15, 0.2) is 0 Å². The highest BCUT2D eigenvalue weighted by molar-refractivity contribution is 7.08. The monoisotopic (exact) mass is 317 g/mol. The molecule has 6 nitrogen and oxygen atoms in total. The number of thiophene rings is 1. The minimum atomic E-state index is -0.0229. The minimum Gasteiger partial charge on any atom is -0.323 e. The average molecular weight is 317 g/mol. The van der Waals surface area contributed by atoms with E-state index in [2.05, 4.69) is 27.2 Å². The summed E-state index contributed by atoms with van der Waals surface area (Å²) in [4.78, 5) is 24.8. The second-order valence-corrected chi connectivity index (χ2v) is 6.19. The molecule has 1 fully saturated rings. The van der Waals surface area contributed by atoms with Gasteiger partial charge in [0.05, 0.1) is 12.2 Å². The Labute approximate surface area is 133 Å². The second-order valence-electron chi connectivity index (χ2n) is 5.41. The molecule has 0 aromatic carbocycles. The Kier molecular flexibility index (Phi) is 4.65. The molecule has 1 aliphatic rings. The van der Waals surface area contributed by atoms with Crippen LogP contribution in [0, 0.1) is 0 Å². The number of hydrogen-bond donors (Lipinski definition) is 1. The van der Waals surface area contributed by atoms with Gasteiger partial charge in [-0.25, -0.2) is 14.8 Å². The fourth-order valence-corrected chi connectivity index (χ4v) is 3.18. The van der Waals surface area contributed by atoms with E-state index in [0.29, 0.717) is 12.6 Å². The molecule has 0 aliphatic carbocycles. The topological polar surface area (TPSA) is 61.4 Å². The minimum absolute atomic E-state index is 0.0229. The van der Waals surface area contributed by atoms with Crippen molar-refractivity contribution in [2.75, 3.05) is 25.5 Å². The van der Waals surface area contributed by atoms with E-state index in [-0.39, 0.29) is 6.03 Å². The number of likely N-dealkylation sites (tertiary alicyclic amines) is 1. The van der Waals surface area contributed by atoms with Crippen molar-refractivity contribution in [3.05, 3.63) is 41.1 Å². The predicted molar refractivity (Wildman–Crippen MR) is 86.8 cm³/mol. The zero-order valence-corrected chi connectivity index (χ0v) is 13.3. The Morgan fingerprint density at radius 1 is 1.50 bits per heavy atom. The molecule has 0 unspecified atom stereocenters. The van der Waals surface area contributed by atoms with Crippen LogP contribution in [0.4, 0.5) is 10.5 Å². The van der Waals surface area contributed by atoms with E-state index in [4.69, 9.17) is 0 Å². The van der Waals surface area contributed by atoms with Crippen molar-refractivity contribution in [1.29, 1.82) is 0 Å². The van der Waals surface area contributed by atoms with Gasteiger partial charge in [-0.1, -0.05) is 0 Å². The third kappa shape index (κ3) is 3.61. The molecule has 1 aliphatic heterocycles. The molecule has 0 bridgehead atoms. The Bertz CT molecular complexity index is 604. The lowest BCUT2D eigenvalue weighted by Crippen LogP contribution is -2.38. The maximum absolute atomic E-state index is 12.2. The molecular weight excluding hydrogens is 298 g/mol. The lowest BCUT2D eigenvalue weighted by Gasteiger charge is -2.24. The van der Waals surface area contributed by atoms with Crippen LogP contribution in [-0.4, -0.2) is 52.0 Å². The summed E-state index contributed by atoms with van der Waals surface area (Å²) in [5.74, 6) is 0.811. The van der Waals surface area contributed by atoms with Crippen LogP contribution in [0.1, 0.15) is 12.2 Å². The number of anilines is 1. The molecule has 0 saturated carbocycles. The van der Waals surface area contributed by atoms with E-state index in [9.17, 15) is 4.79 Å². The van der Waals surface area contributed by atoms with Crippen LogP contribution in [-0.2, 0) is 6.54 Å². The first-order valence-corrected chi connectivity index (χ1v) is 8.21. The van der Waals surface area contributed by atoms with Crippen LogP contribution >= 0.6 is 11.3 Å². The Morgan fingerprint density at radius 3 is 3.05 bits per heavy atom. The zero-order chi connectivity index (χ0) is 15.4. The van der Waals surface area contributed by atoms with Gasteiger partial charge in [0.1, 0.15) is 5.82 Å². The molecule has 7 heteroatoms. The summed E-state index contributed by atoms with van der Waals surface area (Å²) in [5, 5.41) is 6.82. The van der Waals surface area contributed by atoms with Gasteiger partial charge < -0.3 is 10.2 Å². The zero-order valence-electron chi connectivity index (χ0n) is 12.5. The van der Waals surface area contributed by atoms with Crippen LogP contribution in [0.3, 0.4) is 0 Å². The number of carbonyl (C=O) groups excluding carboxylic acids is 1. The van der Waals surface area contributed by atoms with E-state index in [1.54, 1.807) is 23.7 Å². The van der Waals surface area contributed by atoms with E-state index in [1.807, 2.05) is 27.8 Å². The Morgan fingerprint density at radius 2 is 2.32 bits per heavy atom. The van der Waals surface area contributed by atoms with Crippen molar-refractivity contribution >= 4 is 23.1 Å². The van der Waals surface area contributed by atoms with Gasteiger partial charge in [-0.2, -0.15) is 11.3 Å². The maximum Gasteiger partial charge on any atom is 0.321 e. The van der Waals surface area contributed by atoms with Crippen molar-refractivity contribution in [3.8, 4) is 0 Å². The molecule has 1 N–H and O–H groups in total. The highest BCUT2D eigenvalue weighted by atomic mass is 32.1. The van der Waals surface area contributed by atoms with Crippen molar-refractivity contribution in [2.24, 2.45) is 0 Å². The fraction of sp³-hybridized carbons (Fsp3) is 0.400. The number of nitrogens with one attached hydrogen (secondary N) is 1. The highest BCUT2D eigenvalue weighted by Gasteiger charge is 2.29. The van der Waals surface area contributed by atoms with E-state index in [1.165, 1.54) is 0 Å². The van der Waals surface area contributed by atoms with Crippen molar-refractivity contribution in [2.45, 2.75) is 19.0 Å². The summed E-state index contributed by atoms with van der Waals surface area (Å²) in [6.45, 7) is 2.21. The standard InChI is InChI=1S/C15H19N5OS/c1-19(10-14-16-5-2-6-17-14)13-3-7-20(9-13)15(21)18-12-4-8-22-11-12/h2,4-6,8,11,13H,3,7,9-10H2,1H3,(H,18,21)/t13-/m0/s1. The van der Waals surface area contributed by atoms with Gasteiger partial charge in [0.25, 0.3) is 0 Å². The summed E-state index contributed by atoms with van der Waals surface area (Å²) < 4.78 is 0. The van der Waals surface area contributed by atoms with Crippen LogP contribution < -0.4 is 5.32 Å². The van der Waals surface area contributed by atoms with Gasteiger partial charge in [-0.3, -0.25) is 4.90 Å². The van der Waals surface area contributed by atoms with Crippen molar-refractivity contribution in [1.82, 2.24) is 19.8 Å². The first-order valence-electron chi connectivity index (χ1n) is 7.26. The van der Waals surface area contributed by atoms with E-state index in [0.717, 1.165) is 31.0 Å². The van der Waals surface area contributed by atoms with Gasteiger partial charge in [0.2, 0.25) is 0 Å². The SMILES string of the molecule is CN(Cc1ncccn1)[C@H]1CCN(C(=O)Nc2ccsc2)C1. The lowest BCUT2D eigenvalue weighted by atomic mass is 10.2. The third-order valence-electron chi connectivity index (χ3n) is 3.86. The molecule has 1 atom stereocenters. The van der Waals surface area contributed by atoms with E-state index < -0.39 is 0 Å². The predicted octanol–water partition coefficient (Wildman–Crippen LogP) is 2.28. The first-order chi connectivity index (χ1) is 10.7. The summed E-state index contributed by atoms with van der Waals surface area (Å²) in [6.07, 6.45) is 4.48. The number of rotatable bonds is 4. The van der Waals surface area contributed by atoms with Crippen LogP contribution in [0.15, 0.2) is 35.3 Å². The molecule has 116 valence electrons. The fourth-order valence-electron chi connectivity index (χ4n) is 2.59. The number of hydrogen-bond acceptors (Lipinski definition) is 5. The molecule has 2 aromatic rings. The summed E-state index contributed by atoms with van der Waals surface area (Å²) in [5.41, 5.74) is 0.865. The van der Waals surface area contributed by atoms with Crippen molar-refractivity contribution in [3.63, 3.8) is 0 Å². The molecule has 3 rings (SSSR count). The third-order valence-corrected chi connectivity index (χ3v) is 4.54. The molecule has 1 saturated heterocycles. The second kappa shape index (κ2) is 6.85. The number of aromatic nitrogens is 2. The van der Waals surface area contributed by atoms with Gasteiger partial charge in [0, 0.05) is 36.9 Å². The summed E-state index contributed by atoms with van der Waals surface area (Å²) >= 11 is 1.58. The molecule has 3 heterocycles. The van der Waals surface area contributed by atoms with Crippen LogP contribution in [0.2, 0.25) is 0 Å². The highest BCUT2D eigenvalue weighted by Crippen LogP contribution is 2.18. The number of urea groups is 1. The smallest absolute Gasteiger partial charge is 0.321 e. The Balaban J connectivity index is 1.52.